The lowest BCUT2D eigenvalue weighted by molar-refractivity contribution is -0.145. The number of aliphatic carboxylic acids is 1. The minimum atomic E-state index is -1.10. The van der Waals surface area contributed by atoms with Gasteiger partial charge in [0.25, 0.3) is 0 Å². The molecule has 6 heteroatoms. The summed E-state index contributed by atoms with van der Waals surface area (Å²) < 4.78 is 5.43. The fraction of sp³-hybridized carbons (Fsp3) is 0.176. The van der Waals surface area contributed by atoms with Crippen molar-refractivity contribution in [3.05, 3.63) is 59.1 Å². The predicted octanol–water partition coefficient (Wildman–Crippen LogP) is 2.76. The van der Waals surface area contributed by atoms with Crippen LogP contribution in [-0.4, -0.2) is 29.6 Å². The van der Waals surface area contributed by atoms with Crippen LogP contribution in [0.2, 0.25) is 5.02 Å². The van der Waals surface area contributed by atoms with Gasteiger partial charge < -0.3 is 14.7 Å². The number of hydrogen-bond donors (Lipinski definition) is 1. The molecule has 2 aromatic rings. The fourth-order valence-electron chi connectivity index (χ4n) is 2.50. The molecule has 3 rings (SSSR count). The van der Waals surface area contributed by atoms with E-state index in [1.54, 1.807) is 42.5 Å². The molecule has 0 fully saturated rings. The summed E-state index contributed by atoms with van der Waals surface area (Å²) in [5.74, 6) is -0.936. The lowest BCUT2D eigenvalue weighted by Crippen LogP contribution is -2.47. The van der Waals surface area contributed by atoms with Gasteiger partial charge in [-0.2, -0.15) is 0 Å². The van der Waals surface area contributed by atoms with Crippen LogP contribution in [0.15, 0.2) is 48.5 Å². The van der Waals surface area contributed by atoms with E-state index in [9.17, 15) is 14.7 Å². The maximum absolute atomic E-state index is 12.7. The zero-order valence-electron chi connectivity index (χ0n) is 12.1. The van der Waals surface area contributed by atoms with Gasteiger partial charge in [0.15, 0.2) is 0 Å². The van der Waals surface area contributed by atoms with Crippen molar-refractivity contribution in [3.8, 4) is 5.75 Å². The molecule has 5 nitrogen and oxygen atoms in total. The number of hydrogen-bond acceptors (Lipinski definition) is 3. The molecule has 1 atom stereocenters. The Balaban J connectivity index is 1.90. The second-order valence-electron chi connectivity index (χ2n) is 5.18. The van der Waals surface area contributed by atoms with Crippen molar-refractivity contribution in [1.29, 1.82) is 0 Å². The molecule has 2 aromatic carbocycles. The van der Waals surface area contributed by atoms with Crippen molar-refractivity contribution in [2.45, 2.75) is 12.5 Å². The van der Waals surface area contributed by atoms with E-state index in [2.05, 4.69) is 0 Å². The molecule has 1 aliphatic heterocycles. The first kappa shape index (κ1) is 15.4. The van der Waals surface area contributed by atoms with Crippen molar-refractivity contribution < 1.29 is 19.4 Å². The third-order valence-electron chi connectivity index (χ3n) is 3.65. The minimum absolute atomic E-state index is 0.0321. The molecule has 118 valence electrons. The average Bonchev–Trinajstić information content (AvgIpc) is 2.55. The first-order chi connectivity index (χ1) is 11.1. The molecule has 0 spiro atoms. The maximum Gasteiger partial charge on any atom is 0.346 e. The molecule has 1 N–H and O–H groups in total. The number of fused-ring (bicyclic) bond motifs is 1. The third-order valence-corrected chi connectivity index (χ3v) is 4.02. The number of amides is 1. The van der Waals surface area contributed by atoms with Crippen LogP contribution in [0.3, 0.4) is 0 Å². The summed E-state index contributed by atoms with van der Waals surface area (Å²) >= 11 is 6.10. The first-order valence-electron chi connectivity index (χ1n) is 7.08. The molecular weight excluding hydrogens is 318 g/mol. The molecule has 0 saturated carbocycles. The molecule has 0 bridgehead atoms. The number of carbonyl (C=O) groups excluding carboxylic acids is 1. The second-order valence-corrected chi connectivity index (χ2v) is 5.59. The normalized spacial score (nSPS) is 16.4. The van der Waals surface area contributed by atoms with E-state index in [4.69, 9.17) is 16.3 Å². The molecule has 1 aliphatic rings. The monoisotopic (exact) mass is 331 g/mol. The number of anilines is 1. The van der Waals surface area contributed by atoms with Crippen LogP contribution in [0.1, 0.15) is 5.56 Å². The van der Waals surface area contributed by atoms with Crippen molar-refractivity contribution in [2.24, 2.45) is 0 Å². The number of halogens is 1. The zero-order chi connectivity index (χ0) is 16.4. The zero-order valence-corrected chi connectivity index (χ0v) is 12.9. The molecular formula is C17H14ClNO4. The van der Waals surface area contributed by atoms with Crippen LogP contribution in [0.25, 0.3) is 0 Å². The summed E-state index contributed by atoms with van der Waals surface area (Å²) in [5.41, 5.74) is 1.28. The van der Waals surface area contributed by atoms with Crippen LogP contribution < -0.4 is 9.64 Å². The van der Waals surface area contributed by atoms with Crippen molar-refractivity contribution in [3.63, 3.8) is 0 Å². The van der Waals surface area contributed by atoms with E-state index in [1.165, 1.54) is 4.90 Å². The Morgan fingerprint density at radius 2 is 1.87 bits per heavy atom. The smallest absolute Gasteiger partial charge is 0.346 e. The van der Waals surface area contributed by atoms with E-state index in [0.29, 0.717) is 22.0 Å². The van der Waals surface area contributed by atoms with Gasteiger partial charge in [-0.3, -0.25) is 4.79 Å². The molecule has 0 aliphatic carbocycles. The number of carbonyl (C=O) groups is 2. The highest BCUT2D eigenvalue weighted by molar-refractivity contribution is 6.31. The van der Waals surface area contributed by atoms with E-state index >= 15 is 0 Å². The number of nitrogens with zero attached hydrogens (tertiary/aromatic N) is 1. The van der Waals surface area contributed by atoms with Gasteiger partial charge in [0.05, 0.1) is 18.7 Å². The molecule has 0 saturated heterocycles. The fourth-order valence-corrected chi connectivity index (χ4v) is 2.70. The summed E-state index contributed by atoms with van der Waals surface area (Å²) in [7, 11) is 0. The number of carboxylic acids is 1. The summed E-state index contributed by atoms with van der Waals surface area (Å²) in [6.45, 7) is -0.0321. The predicted molar refractivity (Wildman–Crippen MR) is 86.0 cm³/mol. The number of rotatable bonds is 3. The number of carboxylic acid groups (broad SMARTS) is 1. The van der Waals surface area contributed by atoms with E-state index < -0.39 is 12.1 Å². The molecule has 0 radical (unpaired) electrons. The molecule has 0 aromatic heterocycles. The van der Waals surface area contributed by atoms with Crippen molar-refractivity contribution in [2.75, 3.05) is 11.4 Å². The lowest BCUT2D eigenvalue weighted by atomic mass is 10.1. The van der Waals surface area contributed by atoms with Crippen LogP contribution in [0.5, 0.6) is 5.75 Å². The Bertz CT molecular complexity index is 762. The van der Waals surface area contributed by atoms with Gasteiger partial charge in [-0.25, -0.2) is 4.79 Å². The van der Waals surface area contributed by atoms with Crippen LogP contribution in [-0.2, 0) is 16.0 Å². The Morgan fingerprint density at radius 3 is 2.61 bits per heavy atom. The SMILES string of the molecule is O=C(O)C1CN(C(=O)Cc2ccccc2Cl)c2ccccc2O1. The van der Waals surface area contributed by atoms with Crippen LogP contribution in [0.4, 0.5) is 5.69 Å². The topological polar surface area (TPSA) is 66.8 Å². The molecule has 1 unspecified atom stereocenters. The first-order valence-corrected chi connectivity index (χ1v) is 7.46. The highest BCUT2D eigenvalue weighted by atomic mass is 35.5. The standard InChI is InChI=1S/C17H14ClNO4/c18-12-6-2-1-5-11(12)9-16(20)19-10-15(17(21)22)23-14-8-4-3-7-13(14)19/h1-8,15H,9-10H2,(H,21,22). The highest BCUT2D eigenvalue weighted by Gasteiger charge is 2.33. The summed E-state index contributed by atoms with van der Waals surface area (Å²) in [6.07, 6.45) is -0.986. The van der Waals surface area contributed by atoms with Crippen LogP contribution in [0, 0.1) is 0 Å². The van der Waals surface area contributed by atoms with Crippen molar-refractivity contribution >= 4 is 29.2 Å². The minimum Gasteiger partial charge on any atom is -0.478 e. The van der Waals surface area contributed by atoms with E-state index in [0.717, 1.165) is 0 Å². The largest absolute Gasteiger partial charge is 0.478 e. The average molecular weight is 332 g/mol. The summed E-state index contributed by atoms with van der Waals surface area (Å²) in [4.78, 5) is 25.4. The Hall–Kier alpha value is -2.53. The van der Waals surface area contributed by atoms with E-state index in [-0.39, 0.29) is 18.9 Å². The van der Waals surface area contributed by atoms with Gasteiger partial charge in [0, 0.05) is 5.02 Å². The highest BCUT2D eigenvalue weighted by Crippen LogP contribution is 2.33. The maximum atomic E-state index is 12.7. The third kappa shape index (κ3) is 3.14. The Morgan fingerprint density at radius 1 is 1.17 bits per heavy atom. The summed E-state index contributed by atoms with van der Waals surface area (Å²) in [6, 6.07) is 14.0. The molecule has 23 heavy (non-hydrogen) atoms. The Labute approximate surface area is 138 Å². The molecule has 1 amide bonds. The van der Waals surface area contributed by atoms with Gasteiger partial charge >= 0.3 is 5.97 Å². The van der Waals surface area contributed by atoms with Gasteiger partial charge in [0.2, 0.25) is 12.0 Å². The summed E-state index contributed by atoms with van der Waals surface area (Å²) in [5, 5.41) is 9.72. The van der Waals surface area contributed by atoms with Gasteiger partial charge in [-0.15, -0.1) is 0 Å². The van der Waals surface area contributed by atoms with Crippen molar-refractivity contribution in [1.82, 2.24) is 0 Å². The van der Waals surface area contributed by atoms with Gasteiger partial charge in [-0.1, -0.05) is 41.9 Å². The lowest BCUT2D eigenvalue weighted by Gasteiger charge is -2.33. The second kappa shape index (κ2) is 6.30. The molecule has 1 heterocycles. The quantitative estimate of drug-likeness (QED) is 0.939. The number of para-hydroxylation sites is 2. The number of benzene rings is 2. The number of ether oxygens (including phenoxy) is 1. The van der Waals surface area contributed by atoms with E-state index in [1.807, 2.05) is 6.07 Å². The van der Waals surface area contributed by atoms with Crippen LogP contribution >= 0.6 is 11.6 Å². The van der Waals surface area contributed by atoms with Gasteiger partial charge in [0.1, 0.15) is 5.75 Å². The van der Waals surface area contributed by atoms with Gasteiger partial charge in [-0.05, 0) is 23.8 Å². The Kier molecular flexibility index (Phi) is 4.21.